The quantitative estimate of drug-likeness (QED) is 0.375. The molecule has 1 rings (SSSR count). The fourth-order valence-electron chi connectivity index (χ4n) is 0.777. The van der Waals surface area contributed by atoms with Crippen LogP contribution in [0, 0.1) is 0 Å². The van der Waals surface area contributed by atoms with Crippen molar-refractivity contribution in [3.8, 4) is 0 Å². The van der Waals surface area contributed by atoms with Crippen molar-refractivity contribution in [3.05, 3.63) is 35.9 Å². The molecule has 0 N–H and O–H groups in total. The maximum Gasteiger partial charge on any atom is 1.00 e. The third-order valence-corrected chi connectivity index (χ3v) is 2.13. The van der Waals surface area contributed by atoms with Gasteiger partial charge in [0.05, 0.1) is 10.1 Å². The zero-order chi connectivity index (χ0) is 9.19. The minimum atomic E-state index is -4.76. The standard InChI is InChI=1S/C7H7O4S.2Na/c8-7(12(9,10)11)6-4-2-1-3-5-6;;/h1-5,7H,(H,9,10,11);;/q-1;2*+1/p-1. The van der Waals surface area contributed by atoms with Crippen LogP contribution in [0.1, 0.15) is 11.0 Å². The Bertz CT molecular complexity index is 351. The van der Waals surface area contributed by atoms with Gasteiger partial charge in [-0.3, -0.25) is 0 Å². The predicted molar refractivity (Wildman–Crippen MR) is 38.9 cm³/mol. The Morgan fingerprint density at radius 3 is 1.86 bits per heavy atom. The van der Waals surface area contributed by atoms with Gasteiger partial charge in [0.15, 0.2) is 0 Å². The molecule has 0 aliphatic carbocycles. The van der Waals surface area contributed by atoms with Crippen LogP contribution in [-0.4, -0.2) is 13.0 Å². The zero-order valence-corrected chi connectivity index (χ0v) is 12.8. The average Bonchev–Trinajstić information content (AvgIpc) is 2.03. The summed E-state index contributed by atoms with van der Waals surface area (Å²) >= 11 is 0. The maximum atomic E-state index is 10.8. The molecular weight excluding hydrogens is 226 g/mol. The Morgan fingerprint density at radius 1 is 1.07 bits per heavy atom. The summed E-state index contributed by atoms with van der Waals surface area (Å²) < 4.78 is 30.8. The molecule has 0 aliphatic rings. The summed E-state index contributed by atoms with van der Waals surface area (Å²) in [5.74, 6) is 0. The van der Waals surface area contributed by atoms with E-state index >= 15 is 0 Å². The molecule has 0 spiro atoms. The topological polar surface area (TPSA) is 80.3 Å². The minimum Gasteiger partial charge on any atom is -0.838 e. The van der Waals surface area contributed by atoms with Gasteiger partial charge in [0.1, 0.15) is 0 Å². The molecule has 0 heterocycles. The molecule has 66 valence electrons. The van der Waals surface area contributed by atoms with Gasteiger partial charge in [-0.25, -0.2) is 8.42 Å². The smallest absolute Gasteiger partial charge is 0.838 e. The van der Waals surface area contributed by atoms with E-state index in [-0.39, 0.29) is 64.7 Å². The fourth-order valence-corrected chi connectivity index (χ4v) is 1.27. The van der Waals surface area contributed by atoms with Crippen LogP contribution in [0.25, 0.3) is 0 Å². The molecule has 0 amide bonds. The van der Waals surface area contributed by atoms with Gasteiger partial charge in [0.25, 0.3) is 0 Å². The largest absolute Gasteiger partial charge is 1.00 e. The van der Waals surface area contributed by atoms with E-state index in [9.17, 15) is 18.1 Å². The number of hydrogen-bond donors (Lipinski definition) is 0. The summed E-state index contributed by atoms with van der Waals surface area (Å²) in [5.41, 5.74) is -2.23. The molecule has 0 aromatic heterocycles. The predicted octanol–water partition coefficient (Wildman–Crippen LogP) is -6.40. The molecule has 1 atom stereocenters. The van der Waals surface area contributed by atoms with E-state index < -0.39 is 15.6 Å². The van der Waals surface area contributed by atoms with Gasteiger partial charge >= 0.3 is 59.1 Å². The van der Waals surface area contributed by atoms with Crippen molar-refractivity contribution >= 4 is 10.1 Å². The van der Waals surface area contributed by atoms with E-state index in [1.54, 1.807) is 6.07 Å². The van der Waals surface area contributed by atoms with Gasteiger partial charge in [0.2, 0.25) is 0 Å². The summed E-state index contributed by atoms with van der Waals surface area (Å²) in [5, 5.41) is 10.8. The van der Waals surface area contributed by atoms with Crippen LogP contribution in [0.2, 0.25) is 0 Å². The van der Waals surface area contributed by atoms with Crippen LogP contribution in [0.3, 0.4) is 0 Å². The first-order valence-electron chi connectivity index (χ1n) is 3.17. The Morgan fingerprint density at radius 2 is 1.50 bits per heavy atom. The third-order valence-electron chi connectivity index (χ3n) is 1.33. The molecule has 0 aliphatic heterocycles. The van der Waals surface area contributed by atoms with Crippen LogP contribution in [0.15, 0.2) is 30.3 Å². The van der Waals surface area contributed by atoms with E-state index in [1.165, 1.54) is 24.3 Å². The van der Waals surface area contributed by atoms with Crippen LogP contribution in [0.5, 0.6) is 0 Å². The first-order valence-corrected chi connectivity index (χ1v) is 4.64. The van der Waals surface area contributed by atoms with Crippen molar-refractivity contribution in [2.24, 2.45) is 0 Å². The average molecular weight is 232 g/mol. The molecule has 1 aromatic rings. The van der Waals surface area contributed by atoms with Gasteiger partial charge in [-0.05, 0) is 11.0 Å². The van der Waals surface area contributed by atoms with Gasteiger partial charge in [0, 0.05) is 0 Å². The maximum absolute atomic E-state index is 10.8. The third kappa shape index (κ3) is 5.25. The van der Waals surface area contributed by atoms with E-state index in [0.717, 1.165) is 0 Å². The molecule has 0 radical (unpaired) electrons. The first-order chi connectivity index (χ1) is 5.52. The van der Waals surface area contributed by atoms with E-state index in [4.69, 9.17) is 0 Å². The molecule has 7 heteroatoms. The molecule has 0 saturated carbocycles. The second-order valence-electron chi connectivity index (χ2n) is 2.24. The normalized spacial score (nSPS) is 12.1. The summed E-state index contributed by atoms with van der Waals surface area (Å²) in [6.45, 7) is 0. The molecule has 1 unspecified atom stereocenters. The Kier molecular flexibility index (Phi) is 9.21. The van der Waals surface area contributed by atoms with E-state index in [1.807, 2.05) is 0 Å². The molecule has 4 nitrogen and oxygen atoms in total. The Hall–Kier alpha value is 1.09. The molecule has 14 heavy (non-hydrogen) atoms. The number of hydrogen-bond acceptors (Lipinski definition) is 4. The monoisotopic (exact) mass is 232 g/mol. The van der Waals surface area contributed by atoms with Gasteiger partial charge in [-0.2, -0.15) is 0 Å². The summed E-state index contributed by atoms with van der Waals surface area (Å²) in [6, 6.07) is 7.27. The van der Waals surface area contributed by atoms with Gasteiger partial charge in [-0.1, -0.05) is 30.3 Å². The number of benzene rings is 1. The SMILES string of the molecule is O=S(=O)([O-])C([O-])c1ccccc1.[Na+].[Na+]. The van der Waals surface area contributed by atoms with Crippen LogP contribution in [0.4, 0.5) is 0 Å². The van der Waals surface area contributed by atoms with Crippen molar-refractivity contribution in [1.82, 2.24) is 0 Å². The molecule has 1 aromatic carbocycles. The van der Waals surface area contributed by atoms with Crippen molar-refractivity contribution in [1.29, 1.82) is 0 Å². The zero-order valence-electron chi connectivity index (χ0n) is 8.01. The molecular formula is C7H6Na2O4S. The van der Waals surface area contributed by atoms with E-state index in [2.05, 4.69) is 0 Å². The van der Waals surface area contributed by atoms with Crippen LogP contribution < -0.4 is 64.2 Å². The van der Waals surface area contributed by atoms with Gasteiger partial charge in [-0.15, -0.1) is 0 Å². The molecule has 0 bridgehead atoms. The first kappa shape index (κ1) is 17.5. The van der Waals surface area contributed by atoms with Crippen molar-refractivity contribution in [2.75, 3.05) is 0 Å². The second kappa shape index (κ2) is 7.38. The van der Waals surface area contributed by atoms with Crippen LogP contribution in [-0.2, 0) is 10.1 Å². The minimum absolute atomic E-state index is 0. The molecule has 0 fully saturated rings. The van der Waals surface area contributed by atoms with Crippen molar-refractivity contribution in [3.63, 3.8) is 0 Å². The fraction of sp³-hybridized carbons (Fsp3) is 0.143. The summed E-state index contributed by atoms with van der Waals surface area (Å²) in [6.07, 6.45) is 0. The number of rotatable bonds is 2. The van der Waals surface area contributed by atoms with E-state index in [0.29, 0.717) is 0 Å². The summed E-state index contributed by atoms with van der Waals surface area (Å²) in [4.78, 5) is 0. The Balaban J connectivity index is 0. The second-order valence-corrected chi connectivity index (χ2v) is 3.65. The Labute approximate surface area is 127 Å². The van der Waals surface area contributed by atoms with Gasteiger partial charge < -0.3 is 9.66 Å². The van der Waals surface area contributed by atoms with Crippen molar-refractivity contribution in [2.45, 2.75) is 5.44 Å². The van der Waals surface area contributed by atoms with Crippen molar-refractivity contribution < 1.29 is 77.2 Å². The molecule has 0 saturated heterocycles. The van der Waals surface area contributed by atoms with Crippen LogP contribution >= 0.6 is 0 Å². The summed E-state index contributed by atoms with van der Waals surface area (Å²) in [7, 11) is -4.76.